The van der Waals surface area contributed by atoms with Crippen LogP contribution in [0.15, 0.2) is 78.1 Å². The summed E-state index contributed by atoms with van der Waals surface area (Å²) in [5.41, 5.74) is 1.22. The zero-order chi connectivity index (χ0) is 26.6. The van der Waals surface area contributed by atoms with E-state index in [1.54, 1.807) is 42.6 Å². The van der Waals surface area contributed by atoms with Gasteiger partial charge in [-0.15, -0.1) is 0 Å². The second-order valence-corrected chi connectivity index (χ2v) is 9.52. The monoisotopic (exact) mass is 523 g/mol. The van der Waals surface area contributed by atoms with Crippen LogP contribution in [0.3, 0.4) is 0 Å². The molecule has 0 bridgehead atoms. The van der Waals surface area contributed by atoms with Gasteiger partial charge < -0.3 is 24.3 Å². The fraction of sp³-hybridized carbons (Fsp3) is 0.154. The van der Waals surface area contributed by atoms with Gasteiger partial charge in [0.15, 0.2) is 11.5 Å². The summed E-state index contributed by atoms with van der Waals surface area (Å²) in [5, 5.41) is 2.72. The largest absolute Gasteiger partial charge is 0.497 e. The van der Waals surface area contributed by atoms with Gasteiger partial charge in [0.05, 0.1) is 56.5 Å². The highest BCUT2D eigenvalue weighted by Gasteiger charge is 2.26. The van der Waals surface area contributed by atoms with E-state index in [4.69, 9.17) is 18.9 Å². The number of aromatic nitrogens is 2. The second-order valence-electron chi connectivity index (χ2n) is 7.70. The summed E-state index contributed by atoms with van der Waals surface area (Å²) in [6, 6.07) is 14.0. The van der Waals surface area contributed by atoms with E-state index >= 15 is 0 Å². The smallest absolute Gasteiger partial charge is 0.268 e. The van der Waals surface area contributed by atoms with E-state index in [-0.39, 0.29) is 16.2 Å². The number of ether oxygens (including phenoxy) is 4. The number of carbonyl (C=O) groups is 1. The Balaban J connectivity index is 1.89. The van der Waals surface area contributed by atoms with E-state index in [0.29, 0.717) is 34.2 Å². The van der Waals surface area contributed by atoms with Crippen molar-refractivity contribution < 1.29 is 32.2 Å². The van der Waals surface area contributed by atoms with Crippen molar-refractivity contribution in [2.24, 2.45) is 0 Å². The van der Waals surface area contributed by atoms with Crippen LogP contribution in [0.1, 0.15) is 10.4 Å². The van der Waals surface area contributed by atoms with E-state index < -0.39 is 15.9 Å². The molecule has 2 aromatic carbocycles. The highest BCUT2D eigenvalue weighted by atomic mass is 32.2. The van der Waals surface area contributed by atoms with Crippen LogP contribution >= 0.6 is 0 Å². The number of nitrogens with one attached hydrogen (secondary N) is 1. The molecule has 0 saturated carbocycles. The fourth-order valence-electron chi connectivity index (χ4n) is 3.71. The summed E-state index contributed by atoms with van der Waals surface area (Å²) in [6.07, 6.45) is 4.34. The first-order chi connectivity index (χ1) is 17.8. The van der Waals surface area contributed by atoms with Crippen molar-refractivity contribution >= 4 is 21.6 Å². The molecule has 4 aromatic rings. The molecule has 192 valence electrons. The van der Waals surface area contributed by atoms with Gasteiger partial charge in [-0.25, -0.2) is 12.4 Å². The standard InChI is InChI=1S/C26H25N3O7S/c1-33-20-7-9-21(10-8-20)37(31,32)29-16-18(26(30)28-19-6-5-11-27-15-19)12-22(29)17-13-23(34-2)25(36-4)24(14-17)35-3/h5-16H,1-4H3,(H,28,30). The highest BCUT2D eigenvalue weighted by Crippen LogP contribution is 2.42. The van der Waals surface area contributed by atoms with Crippen molar-refractivity contribution in [1.82, 2.24) is 8.96 Å². The number of nitrogens with zero attached hydrogens (tertiary/aromatic N) is 2. The molecule has 37 heavy (non-hydrogen) atoms. The number of hydrogen-bond donors (Lipinski definition) is 1. The maximum atomic E-state index is 13.7. The SMILES string of the molecule is COc1ccc(S(=O)(=O)n2cc(C(=O)Nc3cccnc3)cc2-c2cc(OC)c(OC)c(OC)c2)cc1. The Morgan fingerprint density at radius 2 is 1.57 bits per heavy atom. The first kappa shape index (κ1) is 25.6. The van der Waals surface area contributed by atoms with E-state index in [2.05, 4.69) is 10.3 Å². The first-order valence-electron chi connectivity index (χ1n) is 11.0. The van der Waals surface area contributed by atoms with Crippen LogP contribution in [-0.4, -0.2) is 51.7 Å². The Bertz CT molecular complexity index is 1490. The van der Waals surface area contributed by atoms with E-state index in [1.165, 1.54) is 59.0 Å². The van der Waals surface area contributed by atoms with Crippen molar-refractivity contribution in [3.63, 3.8) is 0 Å². The van der Waals surface area contributed by atoms with Crippen LogP contribution in [0.4, 0.5) is 5.69 Å². The third-order valence-electron chi connectivity index (χ3n) is 5.54. The van der Waals surface area contributed by atoms with E-state index in [1.807, 2.05) is 0 Å². The van der Waals surface area contributed by atoms with Crippen LogP contribution in [0.5, 0.6) is 23.0 Å². The minimum absolute atomic E-state index is 0.0109. The lowest BCUT2D eigenvalue weighted by molar-refractivity contribution is 0.102. The molecule has 0 aliphatic rings. The van der Waals surface area contributed by atoms with Gasteiger partial charge in [-0.05, 0) is 54.6 Å². The molecule has 1 N–H and O–H groups in total. The average molecular weight is 524 g/mol. The molecule has 2 aromatic heterocycles. The molecule has 11 heteroatoms. The summed E-state index contributed by atoms with van der Waals surface area (Å²) >= 11 is 0. The zero-order valence-corrected chi connectivity index (χ0v) is 21.4. The van der Waals surface area contributed by atoms with Gasteiger partial charge in [0.2, 0.25) is 5.75 Å². The van der Waals surface area contributed by atoms with Crippen molar-refractivity contribution in [3.05, 3.63) is 78.8 Å². The summed E-state index contributed by atoms with van der Waals surface area (Å²) in [5.74, 6) is 0.998. The maximum absolute atomic E-state index is 13.7. The molecule has 0 atom stereocenters. The maximum Gasteiger partial charge on any atom is 0.268 e. The predicted octanol–water partition coefficient (Wildman–Crippen LogP) is 4.07. The minimum Gasteiger partial charge on any atom is -0.497 e. The number of methoxy groups -OCH3 is 4. The number of benzene rings is 2. The van der Waals surface area contributed by atoms with Crippen LogP contribution in [0.25, 0.3) is 11.3 Å². The Kier molecular flexibility index (Phi) is 7.35. The molecule has 4 rings (SSSR count). The van der Waals surface area contributed by atoms with Crippen LogP contribution in [0.2, 0.25) is 0 Å². The minimum atomic E-state index is -4.13. The van der Waals surface area contributed by atoms with Gasteiger partial charge in [0.25, 0.3) is 15.9 Å². The third-order valence-corrected chi connectivity index (χ3v) is 7.23. The summed E-state index contributed by atoms with van der Waals surface area (Å²) in [4.78, 5) is 17.1. The van der Waals surface area contributed by atoms with Gasteiger partial charge in [0.1, 0.15) is 5.75 Å². The topological polar surface area (TPSA) is 118 Å². The molecular formula is C26H25N3O7S. The van der Waals surface area contributed by atoms with Gasteiger partial charge in [-0.1, -0.05) is 0 Å². The number of hydrogen-bond acceptors (Lipinski definition) is 8. The molecule has 0 spiro atoms. The summed E-state index contributed by atoms with van der Waals surface area (Å²) < 4.78 is 50.0. The molecule has 0 saturated heterocycles. The predicted molar refractivity (Wildman–Crippen MR) is 137 cm³/mol. The number of pyridine rings is 1. The molecule has 0 aliphatic carbocycles. The molecule has 2 heterocycles. The van der Waals surface area contributed by atoms with E-state index in [0.717, 1.165) is 3.97 Å². The summed E-state index contributed by atoms with van der Waals surface area (Å²) in [7, 11) is 1.75. The van der Waals surface area contributed by atoms with Gasteiger partial charge in [-0.3, -0.25) is 9.78 Å². The van der Waals surface area contributed by atoms with Crippen molar-refractivity contribution in [2.75, 3.05) is 33.8 Å². The number of rotatable bonds is 9. The molecule has 10 nitrogen and oxygen atoms in total. The van der Waals surface area contributed by atoms with Gasteiger partial charge in [0, 0.05) is 18.0 Å². The quantitative estimate of drug-likeness (QED) is 0.349. The van der Waals surface area contributed by atoms with Crippen molar-refractivity contribution in [3.8, 4) is 34.3 Å². The third kappa shape index (κ3) is 5.07. The second kappa shape index (κ2) is 10.6. The van der Waals surface area contributed by atoms with Crippen LogP contribution in [-0.2, 0) is 10.0 Å². The molecule has 0 unspecified atom stereocenters. The Hall–Kier alpha value is -4.51. The van der Waals surface area contributed by atoms with Crippen LogP contribution < -0.4 is 24.3 Å². The lowest BCUT2D eigenvalue weighted by atomic mass is 10.1. The van der Waals surface area contributed by atoms with Gasteiger partial charge >= 0.3 is 0 Å². The highest BCUT2D eigenvalue weighted by molar-refractivity contribution is 7.90. The average Bonchev–Trinajstić information content (AvgIpc) is 3.39. The van der Waals surface area contributed by atoms with Crippen molar-refractivity contribution in [2.45, 2.75) is 4.90 Å². The normalized spacial score (nSPS) is 11.0. The van der Waals surface area contributed by atoms with E-state index in [9.17, 15) is 13.2 Å². The number of amides is 1. The molecular weight excluding hydrogens is 498 g/mol. The molecule has 0 fully saturated rings. The molecule has 1 amide bonds. The Morgan fingerprint density at radius 1 is 0.892 bits per heavy atom. The number of anilines is 1. The Morgan fingerprint density at radius 3 is 2.11 bits per heavy atom. The number of carbonyl (C=O) groups excluding carboxylic acids is 1. The zero-order valence-electron chi connectivity index (χ0n) is 20.6. The lowest BCUT2D eigenvalue weighted by Gasteiger charge is -2.16. The molecule has 0 aliphatic heterocycles. The lowest BCUT2D eigenvalue weighted by Crippen LogP contribution is -2.14. The van der Waals surface area contributed by atoms with Gasteiger partial charge in [-0.2, -0.15) is 0 Å². The van der Waals surface area contributed by atoms with Crippen LogP contribution in [0, 0.1) is 0 Å². The van der Waals surface area contributed by atoms with Crippen molar-refractivity contribution in [1.29, 1.82) is 0 Å². The molecule has 0 radical (unpaired) electrons. The fourth-order valence-corrected chi connectivity index (χ4v) is 5.08. The summed E-state index contributed by atoms with van der Waals surface area (Å²) in [6.45, 7) is 0. The first-order valence-corrected chi connectivity index (χ1v) is 12.4. The Labute approximate surface area is 214 Å².